The van der Waals surface area contributed by atoms with Crippen LogP contribution in [-0.2, 0) is 17.8 Å². The number of halogens is 2. The molecule has 7 heteroatoms. The SMILES string of the molecule is CC.CC(C)C(C)(C)O.CC=O.CO.Cc1cc(CO)ccc1Cc1cc(OC(C)F)ccc1F. The Morgan fingerprint density at radius 1 is 1.03 bits per heavy atom. The normalized spacial score (nSPS) is 10.6. The molecule has 0 aliphatic carbocycles. The highest BCUT2D eigenvalue weighted by Gasteiger charge is 2.16. The van der Waals surface area contributed by atoms with E-state index < -0.39 is 12.0 Å². The standard InChI is InChI=1S/C17H18F2O2.C6H14O.C2H4O.C2H6.CH4O/c1-11-7-13(10-20)3-4-14(11)8-15-9-16(21-12(2)18)5-6-17(15)19;1-5(2)6(3,4)7;1-2-3;2*1-2/h3-7,9,12,20H,8,10H2,1-2H3;5,7H,1-4H3;2H,1H3;1-2H3;2H,1H3. The van der Waals surface area contributed by atoms with E-state index in [1.165, 1.54) is 32.0 Å². The number of rotatable bonds is 6. The molecule has 0 amide bonds. The molecule has 2 rings (SSSR count). The van der Waals surface area contributed by atoms with Gasteiger partial charge in [-0.25, -0.2) is 8.78 Å². The Kier molecular flexibility index (Phi) is 22.3. The lowest BCUT2D eigenvalue weighted by atomic mass is 9.95. The van der Waals surface area contributed by atoms with Gasteiger partial charge in [0.05, 0.1) is 12.2 Å². The van der Waals surface area contributed by atoms with E-state index in [4.69, 9.17) is 24.9 Å². The lowest BCUT2D eigenvalue weighted by Crippen LogP contribution is -2.25. The zero-order valence-electron chi connectivity index (χ0n) is 23.0. The lowest BCUT2D eigenvalue weighted by Gasteiger charge is -2.21. The van der Waals surface area contributed by atoms with Crippen LogP contribution < -0.4 is 4.74 Å². The fraction of sp³-hybridized carbons (Fsp3) is 0.536. The number of ether oxygens (including phenoxy) is 1. The number of aldehydes is 1. The molecule has 0 aliphatic rings. The molecule has 35 heavy (non-hydrogen) atoms. The number of hydrogen-bond donors (Lipinski definition) is 3. The average Bonchev–Trinajstić information content (AvgIpc) is 2.80. The number of aliphatic hydroxyl groups excluding tert-OH is 2. The summed E-state index contributed by atoms with van der Waals surface area (Å²) in [5.41, 5.74) is 2.70. The van der Waals surface area contributed by atoms with Crippen molar-refractivity contribution < 1.29 is 33.6 Å². The summed E-state index contributed by atoms with van der Waals surface area (Å²) in [4.78, 5) is 8.81. The van der Waals surface area contributed by atoms with E-state index in [9.17, 15) is 8.78 Å². The van der Waals surface area contributed by atoms with Crippen LogP contribution in [0.4, 0.5) is 8.78 Å². The largest absolute Gasteiger partial charge is 0.461 e. The fourth-order valence-corrected chi connectivity index (χ4v) is 2.21. The van der Waals surface area contributed by atoms with Gasteiger partial charge < -0.3 is 24.9 Å². The van der Waals surface area contributed by atoms with Gasteiger partial charge in [0.2, 0.25) is 6.36 Å². The van der Waals surface area contributed by atoms with Gasteiger partial charge in [0.15, 0.2) is 0 Å². The van der Waals surface area contributed by atoms with Crippen molar-refractivity contribution in [3.63, 3.8) is 0 Å². The van der Waals surface area contributed by atoms with Gasteiger partial charge in [0.1, 0.15) is 17.9 Å². The number of hydrogen-bond acceptors (Lipinski definition) is 5. The molecule has 0 spiro atoms. The first-order chi connectivity index (χ1) is 16.3. The second-order valence-corrected chi connectivity index (χ2v) is 8.05. The van der Waals surface area contributed by atoms with Crippen LogP contribution >= 0.6 is 0 Å². The monoisotopic (exact) mass is 500 g/mol. The van der Waals surface area contributed by atoms with E-state index in [-0.39, 0.29) is 12.4 Å². The Hall–Kier alpha value is -2.35. The zero-order chi connectivity index (χ0) is 28.2. The molecule has 5 nitrogen and oxygen atoms in total. The molecule has 0 heterocycles. The minimum Gasteiger partial charge on any atom is -0.461 e. The van der Waals surface area contributed by atoms with Crippen LogP contribution in [0.25, 0.3) is 0 Å². The van der Waals surface area contributed by atoms with Gasteiger partial charge >= 0.3 is 0 Å². The first kappa shape index (κ1) is 37.2. The van der Waals surface area contributed by atoms with Gasteiger partial charge in [-0.05, 0) is 74.1 Å². The molecule has 1 unspecified atom stereocenters. The lowest BCUT2D eigenvalue weighted by molar-refractivity contribution is -0.106. The summed E-state index contributed by atoms with van der Waals surface area (Å²) in [6.07, 6.45) is -0.296. The summed E-state index contributed by atoms with van der Waals surface area (Å²) in [5.74, 6) is 0.318. The Labute approximate surface area is 210 Å². The van der Waals surface area contributed by atoms with E-state index in [2.05, 4.69) is 0 Å². The quantitative estimate of drug-likeness (QED) is 0.413. The Balaban J connectivity index is -0.000000611. The number of benzene rings is 2. The van der Waals surface area contributed by atoms with Crippen molar-refractivity contribution in [3.8, 4) is 5.75 Å². The average molecular weight is 501 g/mol. The van der Waals surface area contributed by atoms with Gasteiger partial charge in [-0.15, -0.1) is 0 Å². The number of alkyl halides is 1. The molecular weight excluding hydrogens is 454 g/mol. The molecular formula is C28H46F2O5. The molecule has 2 aromatic carbocycles. The summed E-state index contributed by atoms with van der Waals surface area (Å²) in [5, 5.41) is 25.2. The van der Waals surface area contributed by atoms with Crippen LogP contribution in [0.2, 0.25) is 0 Å². The van der Waals surface area contributed by atoms with Crippen molar-refractivity contribution >= 4 is 6.29 Å². The molecule has 3 N–H and O–H groups in total. The van der Waals surface area contributed by atoms with E-state index in [0.29, 0.717) is 23.7 Å². The van der Waals surface area contributed by atoms with Gasteiger partial charge in [-0.1, -0.05) is 45.9 Å². The van der Waals surface area contributed by atoms with Crippen molar-refractivity contribution in [1.29, 1.82) is 0 Å². The second-order valence-electron chi connectivity index (χ2n) is 8.05. The maximum absolute atomic E-state index is 13.9. The van der Waals surface area contributed by atoms with Crippen molar-refractivity contribution in [2.45, 2.75) is 87.3 Å². The Morgan fingerprint density at radius 2 is 1.51 bits per heavy atom. The van der Waals surface area contributed by atoms with Gasteiger partial charge in [0.25, 0.3) is 0 Å². The first-order valence-corrected chi connectivity index (χ1v) is 11.7. The van der Waals surface area contributed by atoms with Crippen LogP contribution in [0.15, 0.2) is 36.4 Å². The fourth-order valence-electron chi connectivity index (χ4n) is 2.21. The van der Waals surface area contributed by atoms with Crippen LogP contribution in [0, 0.1) is 18.7 Å². The highest BCUT2D eigenvalue weighted by Crippen LogP contribution is 2.23. The Bertz CT molecular complexity index is 800. The molecule has 0 saturated carbocycles. The first-order valence-electron chi connectivity index (χ1n) is 11.7. The summed E-state index contributed by atoms with van der Waals surface area (Å²) >= 11 is 0. The number of carbonyl (C=O) groups excluding carboxylic acids is 1. The summed E-state index contributed by atoms with van der Waals surface area (Å²) in [6.45, 7) is 16.2. The number of carbonyl (C=O) groups is 1. The van der Waals surface area contributed by atoms with E-state index >= 15 is 0 Å². The molecule has 1 atom stereocenters. The molecule has 0 aliphatic heterocycles. The predicted octanol–water partition coefficient (Wildman–Crippen LogP) is 6.16. The molecule has 0 radical (unpaired) electrons. The minimum atomic E-state index is -1.44. The van der Waals surface area contributed by atoms with Crippen molar-refractivity contribution in [2.75, 3.05) is 7.11 Å². The number of aliphatic hydroxyl groups is 3. The third-order valence-electron chi connectivity index (χ3n) is 4.70. The highest BCUT2D eigenvalue weighted by atomic mass is 19.1. The highest BCUT2D eigenvalue weighted by molar-refractivity contribution is 5.44. The van der Waals surface area contributed by atoms with Crippen molar-refractivity contribution in [1.82, 2.24) is 0 Å². The zero-order valence-corrected chi connectivity index (χ0v) is 23.0. The number of aryl methyl sites for hydroxylation is 1. The van der Waals surface area contributed by atoms with Crippen LogP contribution in [0.3, 0.4) is 0 Å². The summed E-state index contributed by atoms with van der Waals surface area (Å²) in [7, 11) is 1.00. The maximum atomic E-state index is 13.9. The molecule has 0 aromatic heterocycles. The molecule has 202 valence electrons. The Morgan fingerprint density at radius 3 is 1.89 bits per heavy atom. The van der Waals surface area contributed by atoms with Crippen molar-refractivity contribution in [3.05, 3.63) is 64.5 Å². The predicted molar refractivity (Wildman–Crippen MR) is 140 cm³/mol. The van der Waals surface area contributed by atoms with Gasteiger partial charge in [0, 0.05) is 20.5 Å². The van der Waals surface area contributed by atoms with Gasteiger partial charge in [-0.3, -0.25) is 0 Å². The smallest absolute Gasteiger partial charge is 0.235 e. The minimum absolute atomic E-state index is 0.0206. The maximum Gasteiger partial charge on any atom is 0.235 e. The van der Waals surface area contributed by atoms with E-state index in [1.54, 1.807) is 0 Å². The topological polar surface area (TPSA) is 87.0 Å². The van der Waals surface area contributed by atoms with Crippen LogP contribution in [-0.4, -0.2) is 40.7 Å². The molecule has 2 aromatic rings. The van der Waals surface area contributed by atoms with Crippen molar-refractivity contribution in [2.24, 2.45) is 5.92 Å². The summed E-state index contributed by atoms with van der Waals surface area (Å²) in [6, 6.07) is 9.76. The molecule has 0 saturated heterocycles. The second kappa shape index (κ2) is 21.0. The van der Waals surface area contributed by atoms with Crippen LogP contribution in [0.1, 0.15) is 77.6 Å². The molecule has 0 bridgehead atoms. The van der Waals surface area contributed by atoms with Gasteiger partial charge in [-0.2, -0.15) is 0 Å². The molecule has 0 fully saturated rings. The van der Waals surface area contributed by atoms with E-state index in [0.717, 1.165) is 30.1 Å². The van der Waals surface area contributed by atoms with Crippen LogP contribution in [0.5, 0.6) is 5.75 Å². The third kappa shape index (κ3) is 17.7. The summed E-state index contributed by atoms with van der Waals surface area (Å²) < 4.78 is 31.7. The third-order valence-corrected chi connectivity index (χ3v) is 4.70. The van der Waals surface area contributed by atoms with E-state index in [1.807, 2.05) is 66.7 Å².